The third kappa shape index (κ3) is 15.6. The van der Waals surface area contributed by atoms with E-state index >= 15 is 0 Å². The molecule has 62 valence electrons. The molecule has 0 aliphatic heterocycles. The average Bonchev–Trinajstić information content (AvgIpc) is 2.02. The molecule has 0 N–H and O–H groups in total. The zero-order valence-corrected chi connectivity index (χ0v) is 7.98. The molecule has 0 spiro atoms. The average molecular weight is 142 g/mol. The number of rotatable bonds is 4. The van der Waals surface area contributed by atoms with Gasteiger partial charge in [-0.05, 0) is 12.8 Å². The van der Waals surface area contributed by atoms with E-state index in [0.29, 0.717) is 0 Å². The summed E-state index contributed by atoms with van der Waals surface area (Å²) >= 11 is 0. The van der Waals surface area contributed by atoms with Crippen LogP contribution in [0.5, 0.6) is 0 Å². The fraction of sp³-hybridized carbons (Fsp3) is 0.800. The zero-order chi connectivity index (χ0) is 8.24. The molecule has 0 amide bonds. The highest BCUT2D eigenvalue weighted by Gasteiger charge is 1.72. The Kier molecular flexibility index (Phi) is 19.7. The second-order valence-corrected chi connectivity index (χ2v) is 2.05. The summed E-state index contributed by atoms with van der Waals surface area (Å²) in [4.78, 5) is 0. The molecular formula is C10H22. The van der Waals surface area contributed by atoms with Gasteiger partial charge in [0.1, 0.15) is 0 Å². The van der Waals surface area contributed by atoms with Crippen molar-refractivity contribution in [3.63, 3.8) is 0 Å². The molecule has 0 aliphatic carbocycles. The number of hydrogen-bond donors (Lipinski definition) is 0. The van der Waals surface area contributed by atoms with Gasteiger partial charge < -0.3 is 0 Å². The topological polar surface area (TPSA) is 0 Å². The number of hydrogen-bond acceptors (Lipinski definition) is 0. The molecular weight excluding hydrogens is 120 g/mol. The quantitative estimate of drug-likeness (QED) is 0.517. The van der Waals surface area contributed by atoms with Gasteiger partial charge in [0, 0.05) is 0 Å². The fourth-order valence-electron chi connectivity index (χ4n) is 0.569. The molecule has 0 aromatic rings. The van der Waals surface area contributed by atoms with E-state index in [2.05, 4.69) is 26.0 Å². The lowest BCUT2D eigenvalue weighted by Gasteiger charge is -1.83. The van der Waals surface area contributed by atoms with E-state index in [1.807, 2.05) is 13.8 Å². The minimum absolute atomic E-state index is 1.25. The highest BCUT2D eigenvalue weighted by Crippen LogP contribution is 1.92. The van der Waals surface area contributed by atoms with E-state index in [0.717, 1.165) is 0 Å². The van der Waals surface area contributed by atoms with Crippen LogP contribution in [-0.2, 0) is 0 Å². The summed E-state index contributed by atoms with van der Waals surface area (Å²) in [5.41, 5.74) is 0. The Labute approximate surface area is 66.3 Å². The fourth-order valence-corrected chi connectivity index (χ4v) is 0.569. The summed E-state index contributed by atoms with van der Waals surface area (Å²) in [6.07, 6.45) is 9.59. The van der Waals surface area contributed by atoms with Crippen LogP contribution in [0, 0.1) is 0 Å². The Bertz CT molecular complexity index is 45.1. The first-order valence-corrected chi connectivity index (χ1v) is 4.56. The number of unbranched alkanes of at least 4 members (excludes halogenated alkanes) is 2. The minimum atomic E-state index is 1.25. The van der Waals surface area contributed by atoms with Crippen LogP contribution in [-0.4, -0.2) is 0 Å². The molecule has 0 heterocycles. The minimum Gasteiger partial charge on any atom is -0.0885 e. The van der Waals surface area contributed by atoms with Crippen LogP contribution in [0.4, 0.5) is 0 Å². The van der Waals surface area contributed by atoms with Crippen molar-refractivity contribution in [1.82, 2.24) is 0 Å². The SMILES string of the molecule is CC.CCC/C=C/CCC. The maximum atomic E-state index is 2.27. The molecule has 0 aliphatic rings. The molecule has 0 aromatic carbocycles. The maximum absolute atomic E-state index is 2.27. The van der Waals surface area contributed by atoms with Gasteiger partial charge in [0.25, 0.3) is 0 Å². The summed E-state index contributed by atoms with van der Waals surface area (Å²) in [5.74, 6) is 0. The predicted octanol–water partition coefficient (Wildman–Crippen LogP) is 4.17. The van der Waals surface area contributed by atoms with Crippen molar-refractivity contribution in [3.8, 4) is 0 Å². The van der Waals surface area contributed by atoms with Crippen molar-refractivity contribution >= 4 is 0 Å². The van der Waals surface area contributed by atoms with Crippen molar-refractivity contribution in [3.05, 3.63) is 12.2 Å². The standard InChI is InChI=1S/C8H16.C2H6/c1-3-5-7-8-6-4-2;1-2/h7-8H,3-6H2,1-2H3;1-2H3/b8-7+;. The maximum Gasteiger partial charge on any atom is -0.0353 e. The van der Waals surface area contributed by atoms with Crippen LogP contribution < -0.4 is 0 Å². The van der Waals surface area contributed by atoms with Crippen molar-refractivity contribution in [2.75, 3.05) is 0 Å². The summed E-state index contributed by atoms with van der Waals surface area (Å²) in [5, 5.41) is 0. The van der Waals surface area contributed by atoms with Crippen LogP contribution in [0.2, 0.25) is 0 Å². The van der Waals surface area contributed by atoms with Gasteiger partial charge in [-0.3, -0.25) is 0 Å². The second-order valence-electron chi connectivity index (χ2n) is 2.05. The Hall–Kier alpha value is -0.260. The van der Waals surface area contributed by atoms with E-state index in [-0.39, 0.29) is 0 Å². The van der Waals surface area contributed by atoms with Gasteiger partial charge >= 0.3 is 0 Å². The van der Waals surface area contributed by atoms with Crippen molar-refractivity contribution in [1.29, 1.82) is 0 Å². The molecule has 0 unspecified atom stereocenters. The van der Waals surface area contributed by atoms with E-state index in [9.17, 15) is 0 Å². The number of allylic oxidation sites excluding steroid dienone is 2. The summed E-state index contributed by atoms with van der Waals surface area (Å²) in [7, 11) is 0. The molecule has 0 nitrogen and oxygen atoms in total. The largest absolute Gasteiger partial charge is 0.0885 e. The first kappa shape index (κ1) is 12.4. The van der Waals surface area contributed by atoms with E-state index < -0.39 is 0 Å². The van der Waals surface area contributed by atoms with Gasteiger partial charge in [-0.2, -0.15) is 0 Å². The lowest BCUT2D eigenvalue weighted by atomic mass is 10.2. The van der Waals surface area contributed by atoms with Gasteiger partial charge in [0.15, 0.2) is 0 Å². The van der Waals surface area contributed by atoms with Crippen LogP contribution in [0.25, 0.3) is 0 Å². The third-order valence-electron chi connectivity index (χ3n) is 1.08. The molecule has 0 radical (unpaired) electrons. The van der Waals surface area contributed by atoms with Crippen LogP contribution >= 0.6 is 0 Å². The smallest absolute Gasteiger partial charge is 0.0353 e. The molecule has 0 saturated heterocycles. The lowest BCUT2D eigenvalue weighted by Crippen LogP contribution is -1.62. The summed E-state index contributed by atoms with van der Waals surface area (Å²) < 4.78 is 0. The lowest BCUT2D eigenvalue weighted by molar-refractivity contribution is 0.921. The Balaban J connectivity index is 0. The van der Waals surface area contributed by atoms with E-state index in [1.54, 1.807) is 0 Å². The van der Waals surface area contributed by atoms with E-state index in [4.69, 9.17) is 0 Å². The third-order valence-corrected chi connectivity index (χ3v) is 1.08. The highest BCUT2D eigenvalue weighted by atomic mass is 13.8. The normalized spacial score (nSPS) is 9.20. The van der Waals surface area contributed by atoms with Crippen molar-refractivity contribution < 1.29 is 0 Å². The van der Waals surface area contributed by atoms with Crippen LogP contribution in [0.1, 0.15) is 53.4 Å². The molecule has 0 saturated carbocycles. The highest BCUT2D eigenvalue weighted by molar-refractivity contribution is 4.79. The van der Waals surface area contributed by atoms with E-state index in [1.165, 1.54) is 25.7 Å². The Morgan fingerprint density at radius 2 is 1.10 bits per heavy atom. The molecule has 0 aromatic heterocycles. The zero-order valence-electron chi connectivity index (χ0n) is 7.98. The van der Waals surface area contributed by atoms with Crippen molar-refractivity contribution in [2.45, 2.75) is 53.4 Å². The molecule has 0 fully saturated rings. The monoisotopic (exact) mass is 142 g/mol. The van der Waals surface area contributed by atoms with Crippen LogP contribution in [0.15, 0.2) is 12.2 Å². The molecule has 0 bridgehead atoms. The molecule has 10 heavy (non-hydrogen) atoms. The Morgan fingerprint density at radius 3 is 1.30 bits per heavy atom. The first-order valence-electron chi connectivity index (χ1n) is 4.56. The Morgan fingerprint density at radius 1 is 0.800 bits per heavy atom. The molecule has 0 rings (SSSR count). The summed E-state index contributed by atoms with van der Waals surface area (Å²) in [6.45, 7) is 8.41. The molecule has 0 heteroatoms. The first-order chi connectivity index (χ1) is 4.91. The van der Waals surface area contributed by atoms with Crippen LogP contribution in [0.3, 0.4) is 0 Å². The summed E-state index contributed by atoms with van der Waals surface area (Å²) in [6, 6.07) is 0. The van der Waals surface area contributed by atoms with Crippen molar-refractivity contribution in [2.24, 2.45) is 0 Å². The van der Waals surface area contributed by atoms with Gasteiger partial charge in [0.05, 0.1) is 0 Å². The molecule has 0 atom stereocenters. The van der Waals surface area contributed by atoms with Gasteiger partial charge in [-0.15, -0.1) is 0 Å². The van der Waals surface area contributed by atoms with Gasteiger partial charge in [-0.1, -0.05) is 52.7 Å². The van der Waals surface area contributed by atoms with Gasteiger partial charge in [0.2, 0.25) is 0 Å². The predicted molar refractivity (Wildman–Crippen MR) is 50.3 cm³/mol. The second kappa shape index (κ2) is 15.9. The van der Waals surface area contributed by atoms with Gasteiger partial charge in [-0.25, -0.2) is 0 Å².